The third kappa shape index (κ3) is 6.33. The Morgan fingerprint density at radius 3 is 1.92 bits per heavy atom. The highest BCUT2D eigenvalue weighted by Crippen LogP contribution is 2.34. The van der Waals surface area contributed by atoms with Gasteiger partial charge in [0.15, 0.2) is 0 Å². The molecule has 0 aromatic carbocycles. The molecule has 2 aliphatic carbocycles. The molecule has 0 saturated carbocycles. The third-order valence-corrected chi connectivity index (χ3v) is 8.97. The van der Waals surface area contributed by atoms with Crippen LogP contribution in [-0.2, 0) is 29.3 Å². The van der Waals surface area contributed by atoms with Crippen LogP contribution in [0.3, 0.4) is 0 Å². The predicted molar refractivity (Wildman–Crippen MR) is 144 cm³/mol. The van der Waals surface area contributed by atoms with Crippen molar-refractivity contribution in [3.8, 4) is 0 Å². The monoisotopic (exact) mass is 652 g/mol. The molecule has 0 aromatic rings. The lowest BCUT2D eigenvalue weighted by molar-refractivity contribution is -0.125. The van der Waals surface area contributed by atoms with E-state index in [0.29, 0.717) is 12.8 Å². The summed E-state index contributed by atoms with van der Waals surface area (Å²) in [5.74, 6) is -2.51. The minimum atomic E-state index is -3.41. The fourth-order valence-electron chi connectivity index (χ4n) is 4.38. The molecule has 12 nitrogen and oxygen atoms in total. The average molecular weight is 652 g/mol. The van der Waals surface area contributed by atoms with Crippen molar-refractivity contribution in [1.82, 2.24) is 21.3 Å². The van der Waals surface area contributed by atoms with Gasteiger partial charge in [-0.1, -0.05) is 31.7 Å². The number of allylic oxidation sites excluding steroid dienone is 1. The standard InChI is InChI=1S/2C9H11BN2O4S.CH4.HI/c2*10-5-17(15,16)4-6-2-1-3-9(6)7(13)11-8(14)12-9;;/h1,3,6H,2,4-5H2,(H2,11,12,13,14);1-2,6H,3-5H2,(H2,11,12,13,14);1H4;1H. The van der Waals surface area contributed by atoms with Crippen molar-refractivity contribution < 1.29 is 36.0 Å². The number of hydrogen-bond acceptors (Lipinski definition) is 8. The molecule has 4 N–H and O–H groups in total. The average Bonchev–Trinajstić information content (AvgIpc) is 3.47. The van der Waals surface area contributed by atoms with Crippen molar-refractivity contribution >= 4 is 83.2 Å². The Morgan fingerprint density at radius 2 is 1.42 bits per heavy atom. The fourth-order valence-corrected chi connectivity index (χ4v) is 6.61. The highest BCUT2D eigenvalue weighted by atomic mass is 127. The summed E-state index contributed by atoms with van der Waals surface area (Å²) in [6, 6.07) is -1.19. The molecule has 4 radical (unpaired) electrons. The maximum Gasteiger partial charge on any atom is 0.322 e. The summed E-state index contributed by atoms with van der Waals surface area (Å²) in [5, 5.41) is 9.24. The predicted octanol–water partition coefficient (Wildman–Crippen LogP) is -1.38. The van der Waals surface area contributed by atoms with Crippen LogP contribution in [0.5, 0.6) is 0 Å². The van der Waals surface area contributed by atoms with Crippen molar-refractivity contribution in [2.45, 2.75) is 31.3 Å². The Bertz CT molecular complexity index is 1190. The number of carbonyl (C=O) groups is 4. The second-order valence-corrected chi connectivity index (χ2v) is 12.7. The first-order chi connectivity index (χ1) is 15.8. The van der Waals surface area contributed by atoms with E-state index in [1.165, 1.54) is 0 Å². The largest absolute Gasteiger partial charge is 0.322 e. The van der Waals surface area contributed by atoms with Gasteiger partial charge in [0.25, 0.3) is 11.8 Å². The quantitative estimate of drug-likeness (QED) is 0.117. The number of imide groups is 2. The molecule has 6 amide bonds. The Kier molecular flexibility index (Phi) is 10.4. The molecule has 2 spiro atoms. The molecule has 4 atom stereocenters. The van der Waals surface area contributed by atoms with Gasteiger partial charge in [0.05, 0.1) is 27.2 Å². The number of nitrogens with one attached hydrogen (secondary N) is 4. The van der Waals surface area contributed by atoms with Crippen LogP contribution in [0.2, 0.25) is 0 Å². The molecule has 0 bridgehead atoms. The molecule has 4 unspecified atom stereocenters. The summed E-state index contributed by atoms with van der Waals surface area (Å²) in [7, 11) is 3.46. The fraction of sp³-hybridized carbons (Fsp3) is 0.579. The molecule has 36 heavy (non-hydrogen) atoms. The summed E-state index contributed by atoms with van der Waals surface area (Å²) >= 11 is 0. The van der Waals surface area contributed by atoms with Crippen LogP contribution in [0.4, 0.5) is 9.59 Å². The van der Waals surface area contributed by atoms with Crippen molar-refractivity contribution in [3.05, 3.63) is 24.3 Å². The molecule has 17 heteroatoms. The van der Waals surface area contributed by atoms with E-state index in [9.17, 15) is 36.0 Å². The highest BCUT2D eigenvalue weighted by molar-refractivity contribution is 14.0. The number of carbonyl (C=O) groups excluding carboxylic acids is 4. The Hall–Kier alpha value is -1.88. The van der Waals surface area contributed by atoms with Crippen LogP contribution in [0.1, 0.15) is 20.3 Å². The maximum atomic E-state index is 11.7. The Balaban J connectivity index is 0.000000341. The van der Waals surface area contributed by atoms with Crippen molar-refractivity contribution in [3.63, 3.8) is 0 Å². The van der Waals surface area contributed by atoms with Gasteiger partial charge in [-0.15, -0.1) is 24.0 Å². The van der Waals surface area contributed by atoms with Crippen LogP contribution >= 0.6 is 24.0 Å². The van der Waals surface area contributed by atoms with Gasteiger partial charge < -0.3 is 10.6 Å². The van der Waals surface area contributed by atoms with Crippen LogP contribution < -0.4 is 21.3 Å². The molecule has 4 aliphatic rings. The van der Waals surface area contributed by atoms with Crippen LogP contribution in [0, 0.1) is 11.8 Å². The van der Waals surface area contributed by atoms with Gasteiger partial charge in [-0.3, -0.25) is 20.2 Å². The number of amides is 6. The first-order valence-electron chi connectivity index (χ1n) is 10.2. The second-order valence-electron chi connectivity index (χ2n) is 8.38. The lowest BCUT2D eigenvalue weighted by atomic mass is 9.88. The van der Waals surface area contributed by atoms with Gasteiger partial charge in [-0.25, -0.2) is 26.4 Å². The lowest BCUT2D eigenvalue weighted by Crippen LogP contribution is -2.52. The smallest absolute Gasteiger partial charge is 0.322 e. The van der Waals surface area contributed by atoms with Gasteiger partial charge in [0.2, 0.25) is 0 Å². The van der Waals surface area contributed by atoms with Crippen LogP contribution in [0.25, 0.3) is 0 Å². The molecule has 2 fully saturated rings. The zero-order chi connectivity index (χ0) is 25.4. The normalized spacial score (nSPS) is 30.1. The lowest BCUT2D eigenvalue weighted by Gasteiger charge is -2.27. The first kappa shape index (κ1) is 32.1. The molecule has 196 valence electrons. The van der Waals surface area contributed by atoms with E-state index < -0.39 is 77.8 Å². The molecule has 2 aliphatic heterocycles. The summed E-state index contributed by atoms with van der Waals surface area (Å²) < 4.78 is 45.9. The Labute approximate surface area is 229 Å². The number of halogens is 1. The topological polar surface area (TPSA) is 185 Å². The van der Waals surface area contributed by atoms with Gasteiger partial charge in [0.1, 0.15) is 30.8 Å². The number of rotatable bonds is 6. The van der Waals surface area contributed by atoms with E-state index in [2.05, 4.69) is 21.3 Å². The summed E-state index contributed by atoms with van der Waals surface area (Å²) in [4.78, 5) is 45.7. The highest BCUT2D eigenvalue weighted by Gasteiger charge is 2.54. The van der Waals surface area contributed by atoms with Crippen molar-refractivity contribution in [1.29, 1.82) is 0 Å². The van der Waals surface area contributed by atoms with E-state index >= 15 is 0 Å². The van der Waals surface area contributed by atoms with E-state index in [1.54, 1.807) is 24.3 Å². The zero-order valence-electron chi connectivity index (χ0n) is 18.4. The van der Waals surface area contributed by atoms with E-state index in [0.717, 1.165) is 0 Å². The van der Waals surface area contributed by atoms with Gasteiger partial charge in [0, 0.05) is 23.1 Å². The van der Waals surface area contributed by atoms with Crippen LogP contribution in [0.15, 0.2) is 24.3 Å². The summed E-state index contributed by atoms with van der Waals surface area (Å²) in [6.07, 6.45) is 7.30. The minimum absolute atomic E-state index is 0. The maximum absolute atomic E-state index is 11.7. The summed E-state index contributed by atoms with van der Waals surface area (Å²) in [5.41, 5.74) is -3.31. The molecular weight excluding hydrogens is 625 g/mol. The van der Waals surface area contributed by atoms with Crippen molar-refractivity contribution in [2.24, 2.45) is 11.8 Å². The molecular formula is C19H27B2IN4O8S2. The second kappa shape index (κ2) is 11.7. The molecule has 0 aromatic heterocycles. The van der Waals surface area contributed by atoms with Gasteiger partial charge in [-0.2, -0.15) is 0 Å². The molecule has 4 rings (SSSR count). The summed E-state index contributed by atoms with van der Waals surface area (Å²) in [6.45, 7) is 0. The number of hydrogen-bond donors (Lipinski definition) is 4. The Morgan fingerprint density at radius 1 is 0.861 bits per heavy atom. The number of sulfone groups is 2. The van der Waals surface area contributed by atoms with E-state index in [-0.39, 0.29) is 42.9 Å². The number of urea groups is 2. The molecule has 2 saturated heterocycles. The molecule has 2 heterocycles. The van der Waals surface area contributed by atoms with Crippen LogP contribution in [-0.4, -0.2) is 90.3 Å². The minimum Gasteiger partial charge on any atom is -0.322 e. The SMILES string of the molecule is C.I.[B]CS(=O)(=O)CC1C=CCC12NC(=O)NC2=O.[B]CS(=O)(=O)CC1CC=CC12NC(=O)NC2=O. The third-order valence-electron chi connectivity index (χ3n) is 6.17. The zero-order valence-corrected chi connectivity index (χ0v) is 22.3. The van der Waals surface area contributed by atoms with Crippen molar-refractivity contribution in [2.75, 3.05) is 22.8 Å². The van der Waals surface area contributed by atoms with Gasteiger partial charge >= 0.3 is 12.1 Å². The first-order valence-corrected chi connectivity index (χ1v) is 13.9. The van der Waals surface area contributed by atoms with E-state index in [1.807, 2.05) is 0 Å². The van der Waals surface area contributed by atoms with E-state index in [4.69, 9.17) is 15.7 Å². The van der Waals surface area contributed by atoms with Gasteiger partial charge in [-0.05, 0) is 12.8 Å².